The van der Waals surface area contributed by atoms with Crippen molar-refractivity contribution in [2.24, 2.45) is 0 Å². The molecule has 0 saturated heterocycles. The van der Waals surface area contributed by atoms with Crippen LogP contribution in [0.2, 0.25) is 258 Å². The lowest BCUT2D eigenvalue weighted by molar-refractivity contribution is -0.137. The van der Waals surface area contributed by atoms with Crippen LogP contribution in [0.5, 0.6) is 0 Å². The highest BCUT2D eigenvalue weighted by Crippen LogP contribution is 2.41. The molecule has 0 amide bonds. The summed E-state index contributed by atoms with van der Waals surface area (Å²) in [5, 5.41) is 0. The van der Waals surface area contributed by atoms with Gasteiger partial charge in [-0.05, 0) is 248 Å². The number of hydrogen-bond acceptors (Lipinski definition) is 14. The summed E-state index contributed by atoms with van der Waals surface area (Å²) in [4.78, 5) is 12.8. The molecule has 0 aliphatic carbocycles. The van der Waals surface area contributed by atoms with Crippen molar-refractivity contribution in [2.75, 3.05) is 6.61 Å². The van der Waals surface area contributed by atoms with Gasteiger partial charge in [0.2, 0.25) is 0 Å². The maximum Gasteiger partial charge on any atom is 0.469 e. The summed E-state index contributed by atoms with van der Waals surface area (Å²) in [7, 11) is -41.4. The Hall–Kier alpha value is 2.20. The quantitative estimate of drug-likeness (QED) is 0.0251. The number of hydrogen-bond donors (Lipinski definition) is 0. The summed E-state index contributed by atoms with van der Waals surface area (Å²) in [6.07, 6.45) is 3.68. The van der Waals surface area contributed by atoms with Gasteiger partial charge in [-0.1, -0.05) is 6.08 Å². The second-order valence-electron chi connectivity index (χ2n) is 31.5. The van der Waals surface area contributed by atoms with Crippen molar-refractivity contribution >= 4 is 141 Å². The minimum atomic E-state index is -3.77. The topological polar surface area (TPSA) is 137 Å². The Labute approximate surface area is 486 Å². The van der Waals surface area contributed by atoms with Crippen LogP contribution in [0.4, 0.5) is 0 Å². The second-order valence-corrected chi connectivity index (χ2v) is 98.9. The van der Waals surface area contributed by atoms with Crippen molar-refractivity contribution in [1.82, 2.24) is 0 Å². The highest BCUT2D eigenvalue weighted by molar-refractivity contribution is 6.95. The van der Waals surface area contributed by atoms with Crippen LogP contribution in [0.15, 0.2) is 12.2 Å². The van der Waals surface area contributed by atoms with Crippen LogP contribution in [-0.2, 0) is 58.9 Å². The second kappa shape index (κ2) is 28.6. The highest BCUT2D eigenvalue weighted by atomic mass is 28.5. The molecule has 454 valence electrons. The zero-order valence-corrected chi connectivity index (χ0v) is 71.7. The molecule has 14 nitrogen and oxygen atoms in total. The molecule has 0 rings (SSSR count). The molecule has 0 aromatic carbocycles. The zero-order valence-electron chi connectivity index (χ0n) is 55.7. The highest BCUT2D eigenvalue weighted by Gasteiger charge is 2.58. The Morgan fingerprint density at radius 1 is 0.276 bits per heavy atom. The van der Waals surface area contributed by atoms with Crippen LogP contribution >= 0.6 is 0 Å². The predicted octanol–water partition coefficient (Wildman–Crippen LogP) is 16.6. The minimum Gasteiger partial charge on any atom is -0.463 e. The van der Waals surface area contributed by atoms with Gasteiger partial charge in [-0.25, -0.2) is 4.79 Å². The molecule has 0 fully saturated rings. The molecule has 0 atom stereocenters. The molecule has 30 heteroatoms. The standard InChI is InChI=1S/C46H122O14Si16/c1-35-37-46(47)48-38-36-39-73(58-70(29,30)40-43-74(49-61(2,3)4,50-62(5,6)7)51-63(8,9)10,59-71(31,32)41-44-75(52-64(11,12)13,53-65(14,15)16)54-66(17,18)19)60-72(33,34)42-45-76(55-67(20,21)22,56-68(23,24)25)57-69(26,27)28/h35,37H,36,38-45H2,1-34H3. The SMILES string of the molecule is CC=CC(=O)OCCC[Si](O[Si](C)(C)CC[Si](O[Si](C)(C)C)(O[Si](C)(C)C)O[Si](C)(C)C)(O[Si](C)(C)CC[Si](O[Si](C)(C)C)(O[Si](C)(C)C)O[Si](C)(C)C)O[Si](C)(C)CC[Si](O[Si](C)(C)C)(O[Si](C)(C)C)O[Si](C)(C)C. The van der Waals surface area contributed by atoms with Gasteiger partial charge >= 0.3 is 41.2 Å². The molecule has 0 N–H and O–H groups in total. The average molecular weight is 1350 g/mol. The number of carbonyl (C=O) groups is 1. The first-order valence-electron chi connectivity index (χ1n) is 28.3. The molecular weight excluding hydrogens is 1230 g/mol. The van der Waals surface area contributed by atoms with Crippen molar-refractivity contribution in [3.05, 3.63) is 12.2 Å². The lowest BCUT2D eigenvalue weighted by atomic mass is 10.5. The molecule has 0 heterocycles. The first-order valence-corrected chi connectivity index (χ1v) is 76.0. The Morgan fingerprint density at radius 2 is 0.461 bits per heavy atom. The molecule has 0 bridgehead atoms. The van der Waals surface area contributed by atoms with Crippen LogP contribution in [0.25, 0.3) is 0 Å². The number of rotatable bonds is 38. The third-order valence-electron chi connectivity index (χ3n) is 9.72. The summed E-state index contributed by atoms with van der Waals surface area (Å²) in [5.74, 6) is -0.368. The van der Waals surface area contributed by atoms with Gasteiger partial charge in [0.25, 0.3) is 0 Å². The van der Waals surface area contributed by atoms with E-state index in [1.165, 1.54) is 6.08 Å². The van der Waals surface area contributed by atoms with E-state index in [0.29, 0.717) is 30.6 Å². The summed E-state index contributed by atoms with van der Waals surface area (Å²) in [5.41, 5.74) is 0. The summed E-state index contributed by atoms with van der Waals surface area (Å²) < 4.78 is 95.1. The smallest absolute Gasteiger partial charge is 0.463 e. The van der Waals surface area contributed by atoms with Crippen LogP contribution in [0.3, 0.4) is 0 Å². The van der Waals surface area contributed by atoms with E-state index in [4.69, 9.17) is 54.1 Å². The van der Waals surface area contributed by atoms with Crippen LogP contribution in [-0.4, -0.2) is 148 Å². The summed E-state index contributed by atoms with van der Waals surface area (Å²) in [6, 6.07) is 4.58. The molecule has 0 radical (unpaired) electrons. The maximum absolute atomic E-state index is 12.8. The van der Waals surface area contributed by atoms with Crippen LogP contribution in [0, 0.1) is 0 Å². The third kappa shape index (κ3) is 38.2. The first kappa shape index (κ1) is 78.2. The van der Waals surface area contributed by atoms with Gasteiger partial charge in [-0.3, -0.25) is 0 Å². The van der Waals surface area contributed by atoms with Crippen LogP contribution < -0.4 is 0 Å². The Morgan fingerprint density at radius 3 is 0.632 bits per heavy atom. The molecule has 0 aromatic rings. The number of ether oxygens (including phenoxy) is 1. The van der Waals surface area contributed by atoms with Gasteiger partial charge in [0, 0.05) is 30.3 Å². The first-order chi connectivity index (χ1) is 33.1. The normalized spacial score (nSPS) is 15.6. The van der Waals surface area contributed by atoms with Gasteiger partial charge in [-0.15, -0.1) is 0 Å². The predicted molar refractivity (Wildman–Crippen MR) is 363 cm³/mol. The summed E-state index contributed by atoms with van der Waals surface area (Å²) >= 11 is 0. The van der Waals surface area contributed by atoms with Crippen molar-refractivity contribution in [3.63, 3.8) is 0 Å². The molecule has 0 unspecified atom stereocenters. The Kier molecular flexibility index (Phi) is 29.4. The minimum absolute atomic E-state index is 0.205. The average Bonchev–Trinajstić information content (AvgIpc) is 3.04. The molecular formula is C46H122O14Si16. The van der Waals surface area contributed by atoms with E-state index >= 15 is 0 Å². The van der Waals surface area contributed by atoms with E-state index in [2.05, 4.69) is 216 Å². The Balaban J connectivity index is 8.51. The monoisotopic (exact) mass is 1350 g/mol. The molecule has 0 spiro atoms. The van der Waals surface area contributed by atoms with Gasteiger partial charge in [0.1, 0.15) is 0 Å². The van der Waals surface area contributed by atoms with E-state index in [1.807, 2.05) is 6.92 Å². The fourth-order valence-corrected chi connectivity index (χ4v) is 76.3. The van der Waals surface area contributed by atoms with E-state index in [9.17, 15) is 4.79 Å². The van der Waals surface area contributed by atoms with E-state index in [0.717, 1.165) is 18.1 Å². The number of allylic oxidation sites excluding steroid dienone is 1. The number of esters is 1. The fraction of sp³-hybridized carbons (Fsp3) is 0.935. The van der Waals surface area contributed by atoms with Gasteiger partial charge in [0.15, 0.2) is 99.8 Å². The van der Waals surface area contributed by atoms with E-state index < -0.39 is 135 Å². The van der Waals surface area contributed by atoms with Crippen LogP contribution in [0.1, 0.15) is 13.3 Å². The van der Waals surface area contributed by atoms with Gasteiger partial charge in [0.05, 0.1) is 6.61 Å². The maximum atomic E-state index is 12.8. The van der Waals surface area contributed by atoms with Crippen molar-refractivity contribution < 1.29 is 58.9 Å². The molecule has 0 aliphatic rings. The lowest BCUT2D eigenvalue weighted by Gasteiger charge is -2.48. The van der Waals surface area contributed by atoms with E-state index in [1.54, 1.807) is 6.08 Å². The van der Waals surface area contributed by atoms with Gasteiger partial charge in [-0.2, -0.15) is 0 Å². The number of carbonyl (C=O) groups excluding carboxylic acids is 1. The largest absolute Gasteiger partial charge is 0.469 e. The van der Waals surface area contributed by atoms with E-state index in [-0.39, 0.29) is 12.6 Å². The van der Waals surface area contributed by atoms with Crippen molar-refractivity contribution in [1.29, 1.82) is 0 Å². The zero-order chi connectivity index (χ0) is 60.5. The van der Waals surface area contributed by atoms with Gasteiger partial charge < -0.3 is 54.1 Å². The molecule has 0 aromatic heterocycles. The molecule has 0 aliphatic heterocycles. The third-order valence-corrected chi connectivity index (χ3v) is 62.7. The molecule has 76 heavy (non-hydrogen) atoms. The lowest BCUT2D eigenvalue weighted by Crippen LogP contribution is -2.64. The fourth-order valence-electron chi connectivity index (χ4n) is 8.48. The van der Waals surface area contributed by atoms with Crippen molar-refractivity contribution in [2.45, 2.75) is 272 Å². The molecule has 0 saturated carbocycles. The van der Waals surface area contributed by atoms with Crippen molar-refractivity contribution in [3.8, 4) is 0 Å². The summed E-state index contributed by atoms with van der Waals surface area (Å²) in [6.45, 7) is 76.3. The Bertz CT molecular complexity index is 1500.